The Morgan fingerprint density at radius 2 is 1.29 bits per heavy atom. The number of hydrogen-bond acceptors (Lipinski definition) is 2. The first-order valence-corrected chi connectivity index (χ1v) is 11.2. The Bertz CT molecular complexity index is 565. The number of hydrogen-bond donors (Lipinski definition) is 1. The summed E-state index contributed by atoms with van der Waals surface area (Å²) in [6, 6.07) is 0.363. The quantitative estimate of drug-likeness (QED) is 0.249. The van der Waals surface area contributed by atoms with E-state index in [-0.39, 0.29) is 0 Å². The second-order valence-electron chi connectivity index (χ2n) is 8.10. The van der Waals surface area contributed by atoms with Gasteiger partial charge in [0, 0.05) is 6.04 Å². The number of rotatable bonds is 13. The van der Waals surface area contributed by atoms with Crippen LogP contribution in [-0.4, -0.2) is 17.8 Å². The largest absolute Gasteiger partial charge is 0.467 e. The lowest BCUT2D eigenvalue weighted by Gasteiger charge is -2.13. The molecule has 28 heavy (non-hydrogen) atoms. The first-order chi connectivity index (χ1) is 13.2. The van der Waals surface area contributed by atoms with E-state index in [2.05, 4.69) is 78.1 Å². The van der Waals surface area contributed by atoms with Gasteiger partial charge in [-0.3, -0.25) is 0 Å². The van der Waals surface area contributed by atoms with E-state index in [1.165, 1.54) is 28.7 Å². The maximum Gasteiger partial charge on any atom is 0.257 e. The van der Waals surface area contributed by atoms with E-state index < -0.39 is 0 Å². The van der Waals surface area contributed by atoms with E-state index in [1.54, 1.807) is 0 Å². The molecule has 0 aliphatic rings. The predicted molar refractivity (Wildman–Crippen MR) is 130 cm³/mol. The number of thiocarbonyl (C=S) groups is 1. The summed E-state index contributed by atoms with van der Waals surface area (Å²) in [5.41, 5.74) is 5.75. The van der Waals surface area contributed by atoms with Crippen LogP contribution in [0.5, 0.6) is 0 Å². The van der Waals surface area contributed by atoms with Gasteiger partial charge in [-0.15, -0.1) is 0 Å². The summed E-state index contributed by atoms with van der Waals surface area (Å²) in [5.74, 6) is 0. The molecule has 0 aliphatic heterocycles. The normalized spacial score (nSPS) is 13.9. The smallest absolute Gasteiger partial charge is 0.257 e. The average molecular weight is 406 g/mol. The minimum Gasteiger partial charge on any atom is -0.467 e. The Balaban J connectivity index is 4.03. The van der Waals surface area contributed by atoms with E-state index in [1.807, 2.05) is 0 Å². The van der Waals surface area contributed by atoms with Gasteiger partial charge in [0.05, 0.1) is 0 Å². The Morgan fingerprint density at radius 3 is 1.75 bits per heavy atom. The van der Waals surface area contributed by atoms with E-state index in [9.17, 15) is 0 Å². The lowest BCUT2D eigenvalue weighted by molar-refractivity contribution is 0.334. The first kappa shape index (κ1) is 26.6. The molecule has 0 aliphatic carbocycles. The SMILES string of the molecule is CCC(C)NC(=S)OC/C=C(\C)CC/C=C(\C)CC/C=C(\C)CCC=C(C)C. The average Bonchev–Trinajstić information content (AvgIpc) is 2.61. The lowest BCUT2D eigenvalue weighted by Crippen LogP contribution is -2.32. The van der Waals surface area contributed by atoms with Gasteiger partial charge in [-0.1, -0.05) is 47.4 Å². The third-order valence-corrected chi connectivity index (χ3v) is 5.01. The molecule has 0 saturated carbocycles. The number of ether oxygens (including phenoxy) is 1. The van der Waals surface area contributed by atoms with E-state index in [0.717, 1.165) is 38.5 Å². The molecule has 2 nitrogen and oxygen atoms in total. The van der Waals surface area contributed by atoms with Crippen molar-refractivity contribution in [1.82, 2.24) is 5.32 Å². The minimum atomic E-state index is 0.363. The Kier molecular flexibility index (Phi) is 15.8. The fraction of sp³-hybridized carbons (Fsp3) is 0.640. The van der Waals surface area contributed by atoms with Crippen LogP contribution in [0.15, 0.2) is 46.6 Å². The van der Waals surface area contributed by atoms with Crippen molar-refractivity contribution in [2.45, 2.75) is 99.5 Å². The van der Waals surface area contributed by atoms with Crippen molar-refractivity contribution in [3.8, 4) is 0 Å². The fourth-order valence-corrected chi connectivity index (χ4v) is 2.86. The van der Waals surface area contributed by atoms with Gasteiger partial charge in [0.2, 0.25) is 0 Å². The van der Waals surface area contributed by atoms with Crippen molar-refractivity contribution in [2.24, 2.45) is 0 Å². The van der Waals surface area contributed by atoms with Crippen molar-refractivity contribution in [1.29, 1.82) is 0 Å². The third-order valence-electron chi connectivity index (χ3n) is 4.78. The van der Waals surface area contributed by atoms with Gasteiger partial charge in [0.15, 0.2) is 0 Å². The molecule has 0 saturated heterocycles. The maximum absolute atomic E-state index is 5.55. The zero-order valence-corrected chi connectivity index (χ0v) is 20.2. The van der Waals surface area contributed by atoms with E-state index in [0.29, 0.717) is 17.8 Å². The molecular formula is C25H43NOS. The van der Waals surface area contributed by atoms with Crippen LogP contribution in [0.1, 0.15) is 93.4 Å². The predicted octanol–water partition coefficient (Wildman–Crippen LogP) is 7.82. The van der Waals surface area contributed by atoms with Crippen LogP contribution in [0.2, 0.25) is 0 Å². The molecule has 0 fully saturated rings. The van der Waals surface area contributed by atoms with Crippen LogP contribution >= 0.6 is 12.2 Å². The number of nitrogens with one attached hydrogen (secondary N) is 1. The van der Waals surface area contributed by atoms with Gasteiger partial charge >= 0.3 is 0 Å². The zero-order chi connectivity index (χ0) is 21.4. The van der Waals surface area contributed by atoms with Crippen molar-refractivity contribution in [3.63, 3.8) is 0 Å². The second kappa shape index (κ2) is 16.6. The molecule has 0 aromatic rings. The topological polar surface area (TPSA) is 21.3 Å². The van der Waals surface area contributed by atoms with Gasteiger partial charge in [0.25, 0.3) is 5.17 Å². The van der Waals surface area contributed by atoms with Crippen LogP contribution in [0, 0.1) is 0 Å². The molecule has 3 heteroatoms. The summed E-state index contributed by atoms with van der Waals surface area (Å²) < 4.78 is 5.55. The zero-order valence-electron chi connectivity index (χ0n) is 19.4. The molecule has 1 atom stereocenters. The molecule has 0 aromatic carbocycles. The van der Waals surface area contributed by atoms with Crippen LogP contribution in [-0.2, 0) is 4.74 Å². The Morgan fingerprint density at radius 1 is 0.821 bits per heavy atom. The van der Waals surface area contributed by atoms with E-state index in [4.69, 9.17) is 17.0 Å². The molecule has 0 amide bonds. The van der Waals surface area contributed by atoms with Gasteiger partial charge in [-0.25, -0.2) is 0 Å². The first-order valence-electron chi connectivity index (χ1n) is 10.8. The highest BCUT2D eigenvalue weighted by atomic mass is 32.1. The molecule has 0 bridgehead atoms. The van der Waals surface area contributed by atoms with Crippen LogP contribution < -0.4 is 5.32 Å². The molecule has 160 valence electrons. The lowest BCUT2D eigenvalue weighted by atomic mass is 10.0. The minimum absolute atomic E-state index is 0.363. The molecule has 0 rings (SSSR count). The summed E-state index contributed by atoms with van der Waals surface area (Å²) in [6.45, 7) is 15.8. The maximum atomic E-state index is 5.55. The summed E-state index contributed by atoms with van der Waals surface area (Å²) in [4.78, 5) is 0. The van der Waals surface area contributed by atoms with Gasteiger partial charge in [-0.05, 0) is 105 Å². The third kappa shape index (κ3) is 16.8. The van der Waals surface area contributed by atoms with Crippen LogP contribution in [0.4, 0.5) is 0 Å². The van der Waals surface area contributed by atoms with E-state index >= 15 is 0 Å². The summed E-state index contributed by atoms with van der Waals surface area (Å²) in [7, 11) is 0. The molecule has 0 aromatic heterocycles. The Labute approximate surface area is 180 Å². The van der Waals surface area contributed by atoms with Gasteiger partial charge in [0.1, 0.15) is 6.61 Å². The van der Waals surface area contributed by atoms with Crippen molar-refractivity contribution in [3.05, 3.63) is 46.6 Å². The monoisotopic (exact) mass is 405 g/mol. The fourth-order valence-electron chi connectivity index (χ4n) is 2.59. The highest BCUT2D eigenvalue weighted by molar-refractivity contribution is 7.80. The Hall–Kier alpha value is -1.35. The van der Waals surface area contributed by atoms with Gasteiger partial charge in [-0.2, -0.15) is 0 Å². The molecule has 0 spiro atoms. The molecule has 1 unspecified atom stereocenters. The van der Waals surface area contributed by atoms with Crippen molar-refractivity contribution in [2.75, 3.05) is 6.61 Å². The van der Waals surface area contributed by atoms with Crippen LogP contribution in [0.3, 0.4) is 0 Å². The molecular weight excluding hydrogens is 362 g/mol. The van der Waals surface area contributed by atoms with Crippen LogP contribution in [0.25, 0.3) is 0 Å². The molecule has 0 heterocycles. The van der Waals surface area contributed by atoms with Crippen molar-refractivity contribution < 1.29 is 4.74 Å². The summed E-state index contributed by atoms with van der Waals surface area (Å²) in [5, 5.41) is 3.67. The second-order valence-corrected chi connectivity index (χ2v) is 8.47. The molecule has 1 N–H and O–H groups in total. The molecule has 0 radical (unpaired) electrons. The summed E-state index contributed by atoms with van der Waals surface area (Å²) in [6.07, 6.45) is 17.1. The number of allylic oxidation sites excluding steroid dienone is 7. The highest BCUT2D eigenvalue weighted by Crippen LogP contribution is 2.13. The van der Waals surface area contributed by atoms with Crippen molar-refractivity contribution >= 4 is 17.4 Å². The summed E-state index contributed by atoms with van der Waals surface area (Å²) >= 11 is 5.18. The standard InChI is InChI=1S/C25H43NOS/c1-8-24(7)26-25(28)27-19-18-23(6)17-11-16-22(5)15-10-14-21(4)13-9-12-20(2)3/h12,14,16,18,24H,8-11,13,15,17,19H2,1-7H3,(H,26,28)/b21-14+,22-16+,23-18+. The van der Waals surface area contributed by atoms with Gasteiger partial charge < -0.3 is 10.1 Å². The highest BCUT2D eigenvalue weighted by Gasteiger charge is 2.01.